The average molecular weight is 249 g/mol. The Morgan fingerprint density at radius 2 is 2.41 bits per heavy atom. The highest BCUT2D eigenvalue weighted by Crippen LogP contribution is 2.33. The Hall–Kier alpha value is -0.800. The molecule has 0 fully saturated rings. The van der Waals surface area contributed by atoms with Crippen molar-refractivity contribution in [1.29, 1.82) is 0 Å². The molecule has 0 saturated carbocycles. The molecule has 1 aromatic heterocycles. The van der Waals surface area contributed by atoms with Crippen LogP contribution in [0.1, 0.15) is 42.2 Å². The van der Waals surface area contributed by atoms with Gasteiger partial charge in [0.2, 0.25) is 0 Å². The highest BCUT2D eigenvalue weighted by atomic mass is 32.1. The maximum Gasteiger partial charge on any atom is 0.110 e. The van der Waals surface area contributed by atoms with Gasteiger partial charge in [0.15, 0.2) is 0 Å². The fraction of sp³-hybridized carbons (Fsp3) is 0.571. The molecule has 0 radical (unpaired) electrons. The molecule has 1 aliphatic heterocycles. The summed E-state index contributed by atoms with van der Waals surface area (Å²) in [5, 5.41) is 5.91. The lowest BCUT2D eigenvalue weighted by Crippen LogP contribution is -2.33. The molecule has 2 nitrogen and oxygen atoms in total. The standard InChI is InChI=1S/C14H19NOS/c1-2-8-16-11(4-1)10-15-13-5-3-6-14-12(13)7-9-17-14/h2,7-9,11,13,15H,1,3-6,10H2. The third kappa shape index (κ3) is 2.55. The third-order valence-electron chi connectivity index (χ3n) is 3.67. The lowest BCUT2D eigenvalue weighted by Gasteiger charge is -2.27. The molecule has 0 spiro atoms. The van der Waals surface area contributed by atoms with Gasteiger partial charge in [-0.2, -0.15) is 0 Å². The number of thiophene rings is 1. The van der Waals surface area contributed by atoms with Gasteiger partial charge in [-0.25, -0.2) is 0 Å². The van der Waals surface area contributed by atoms with E-state index >= 15 is 0 Å². The van der Waals surface area contributed by atoms with Gasteiger partial charge >= 0.3 is 0 Å². The minimum Gasteiger partial charge on any atom is -0.497 e. The van der Waals surface area contributed by atoms with Gasteiger partial charge in [-0.3, -0.25) is 0 Å². The van der Waals surface area contributed by atoms with Gasteiger partial charge in [0, 0.05) is 17.5 Å². The Labute approximate surface area is 107 Å². The summed E-state index contributed by atoms with van der Waals surface area (Å²) in [7, 11) is 0. The number of aryl methyl sites for hydroxylation is 1. The van der Waals surface area contributed by atoms with E-state index in [1.54, 1.807) is 4.88 Å². The number of hydrogen-bond acceptors (Lipinski definition) is 3. The van der Waals surface area contributed by atoms with Gasteiger partial charge < -0.3 is 10.1 Å². The molecule has 1 aliphatic carbocycles. The van der Waals surface area contributed by atoms with Gasteiger partial charge in [0.1, 0.15) is 6.10 Å². The highest BCUT2D eigenvalue weighted by Gasteiger charge is 2.22. The van der Waals surface area contributed by atoms with Crippen molar-refractivity contribution in [2.24, 2.45) is 0 Å². The van der Waals surface area contributed by atoms with Crippen LogP contribution in [0, 0.1) is 0 Å². The largest absolute Gasteiger partial charge is 0.497 e. The van der Waals surface area contributed by atoms with Crippen molar-refractivity contribution < 1.29 is 4.74 Å². The van der Waals surface area contributed by atoms with Crippen molar-refractivity contribution in [3.63, 3.8) is 0 Å². The molecule has 92 valence electrons. The predicted molar refractivity (Wildman–Crippen MR) is 71.2 cm³/mol. The summed E-state index contributed by atoms with van der Waals surface area (Å²) in [6, 6.07) is 2.85. The van der Waals surface area contributed by atoms with Crippen LogP contribution in [0.2, 0.25) is 0 Å². The fourth-order valence-electron chi connectivity index (χ4n) is 2.71. The molecular weight excluding hydrogens is 230 g/mol. The molecule has 1 N–H and O–H groups in total. The highest BCUT2D eigenvalue weighted by molar-refractivity contribution is 7.10. The Balaban J connectivity index is 1.58. The van der Waals surface area contributed by atoms with Gasteiger partial charge in [-0.15, -0.1) is 11.3 Å². The Bertz CT molecular complexity index is 399. The van der Waals surface area contributed by atoms with E-state index in [2.05, 4.69) is 22.8 Å². The number of ether oxygens (including phenoxy) is 1. The van der Waals surface area contributed by atoms with Crippen LogP contribution >= 0.6 is 11.3 Å². The van der Waals surface area contributed by atoms with Crippen LogP contribution in [0.5, 0.6) is 0 Å². The lowest BCUT2D eigenvalue weighted by molar-refractivity contribution is 0.118. The van der Waals surface area contributed by atoms with Crippen LogP contribution in [0.3, 0.4) is 0 Å². The molecule has 1 aromatic rings. The maximum atomic E-state index is 5.60. The fourth-order valence-corrected chi connectivity index (χ4v) is 3.69. The number of allylic oxidation sites excluding steroid dienone is 1. The second kappa shape index (κ2) is 5.23. The first-order chi connectivity index (χ1) is 8.43. The molecule has 0 bridgehead atoms. The van der Waals surface area contributed by atoms with E-state index in [4.69, 9.17) is 4.74 Å². The zero-order valence-corrected chi connectivity index (χ0v) is 10.8. The SMILES string of the molecule is C1=COC(CNC2CCCc3sccc32)CC1. The van der Waals surface area contributed by atoms with Gasteiger partial charge in [-0.05, 0) is 55.2 Å². The monoisotopic (exact) mass is 249 g/mol. The van der Waals surface area contributed by atoms with E-state index in [1.807, 2.05) is 17.6 Å². The first-order valence-corrected chi connectivity index (χ1v) is 7.41. The Kier molecular flexibility index (Phi) is 3.48. The number of hydrogen-bond donors (Lipinski definition) is 1. The van der Waals surface area contributed by atoms with Crippen LogP contribution in [-0.2, 0) is 11.2 Å². The lowest BCUT2D eigenvalue weighted by atomic mass is 9.94. The number of fused-ring (bicyclic) bond motifs is 1. The quantitative estimate of drug-likeness (QED) is 0.886. The van der Waals surface area contributed by atoms with Gasteiger partial charge in [0.25, 0.3) is 0 Å². The molecule has 2 heterocycles. The summed E-state index contributed by atoms with van der Waals surface area (Å²) in [6.07, 6.45) is 10.5. The summed E-state index contributed by atoms with van der Waals surface area (Å²) in [6.45, 7) is 0.976. The van der Waals surface area contributed by atoms with Crippen molar-refractivity contribution in [1.82, 2.24) is 5.32 Å². The van der Waals surface area contributed by atoms with Crippen LogP contribution < -0.4 is 5.32 Å². The van der Waals surface area contributed by atoms with Crippen molar-refractivity contribution in [2.75, 3.05) is 6.54 Å². The molecule has 0 saturated heterocycles. The van der Waals surface area contributed by atoms with Gasteiger partial charge in [0.05, 0.1) is 6.26 Å². The third-order valence-corrected chi connectivity index (χ3v) is 4.66. The van der Waals surface area contributed by atoms with E-state index in [-0.39, 0.29) is 0 Å². The molecule has 2 unspecified atom stereocenters. The van der Waals surface area contributed by atoms with Crippen LogP contribution in [0.25, 0.3) is 0 Å². The summed E-state index contributed by atoms with van der Waals surface area (Å²) < 4.78 is 5.60. The average Bonchev–Trinajstić information content (AvgIpc) is 2.86. The van der Waals surface area contributed by atoms with E-state index < -0.39 is 0 Å². The second-order valence-corrected chi connectivity index (χ2v) is 5.86. The van der Waals surface area contributed by atoms with Crippen LogP contribution in [0.4, 0.5) is 0 Å². The predicted octanol–water partition coefficient (Wildman–Crippen LogP) is 3.41. The summed E-state index contributed by atoms with van der Waals surface area (Å²) in [4.78, 5) is 1.58. The molecule has 0 aromatic carbocycles. The van der Waals surface area contributed by atoms with E-state index in [9.17, 15) is 0 Å². The van der Waals surface area contributed by atoms with Crippen molar-refractivity contribution in [3.05, 3.63) is 34.2 Å². The van der Waals surface area contributed by atoms with Crippen LogP contribution in [-0.4, -0.2) is 12.6 Å². The van der Waals surface area contributed by atoms with Crippen molar-refractivity contribution in [3.8, 4) is 0 Å². The second-order valence-electron chi connectivity index (χ2n) is 4.86. The zero-order valence-electron chi connectivity index (χ0n) is 10.0. The maximum absolute atomic E-state index is 5.60. The van der Waals surface area contributed by atoms with Crippen molar-refractivity contribution in [2.45, 2.75) is 44.2 Å². The van der Waals surface area contributed by atoms with E-state index in [0.717, 1.165) is 19.4 Å². The first kappa shape index (κ1) is 11.3. The topological polar surface area (TPSA) is 21.3 Å². The van der Waals surface area contributed by atoms with E-state index in [1.165, 1.54) is 24.8 Å². The molecular formula is C14H19NOS. The molecule has 2 atom stereocenters. The molecule has 3 heteroatoms. The molecule has 0 amide bonds. The zero-order chi connectivity index (χ0) is 11.5. The summed E-state index contributed by atoms with van der Waals surface area (Å²) >= 11 is 1.91. The van der Waals surface area contributed by atoms with Crippen molar-refractivity contribution >= 4 is 11.3 Å². The number of nitrogens with one attached hydrogen (secondary N) is 1. The first-order valence-electron chi connectivity index (χ1n) is 6.53. The Morgan fingerprint density at radius 3 is 3.29 bits per heavy atom. The molecule has 3 rings (SSSR count). The summed E-state index contributed by atoms with van der Waals surface area (Å²) in [5.41, 5.74) is 1.53. The van der Waals surface area contributed by atoms with E-state index in [0.29, 0.717) is 12.1 Å². The smallest absolute Gasteiger partial charge is 0.110 e. The molecule has 2 aliphatic rings. The van der Waals surface area contributed by atoms with Gasteiger partial charge in [-0.1, -0.05) is 0 Å². The minimum absolute atomic E-state index is 0.365. The normalized spacial score (nSPS) is 27.5. The molecule has 17 heavy (non-hydrogen) atoms. The van der Waals surface area contributed by atoms with Crippen LogP contribution in [0.15, 0.2) is 23.8 Å². The number of rotatable bonds is 3. The summed E-state index contributed by atoms with van der Waals surface area (Å²) in [5.74, 6) is 0. The minimum atomic E-state index is 0.365. The Morgan fingerprint density at radius 1 is 1.41 bits per heavy atom.